The lowest BCUT2D eigenvalue weighted by atomic mass is 10.0. The number of ether oxygens (including phenoxy) is 1. The van der Waals surface area contributed by atoms with Gasteiger partial charge in [-0.25, -0.2) is 9.97 Å². The highest BCUT2D eigenvalue weighted by Gasteiger charge is 2.36. The van der Waals surface area contributed by atoms with Gasteiger partial charge in [-0.15, -0.1) is 0 Å². The lowest BCUT2D eigenvalue weighted by molar-refractivity contribution is -0.0776. The van der Waals surface area contributed by atoms with E-state index in [1.54, 1.807) is 12.5 Å². The summed E-state index contributed by atoms with van der Waals surface area (Å²) in [5.74, 6) is 0.0240. The van der Waals surface area contributed by atoms with E-state index in [-0.39, 0.29) is 11.9 Å². The molecule has 4 heterocycles. The maximum Gasteiger partial charge on any atom is 0.255 e. The van der Waals surface area contributed by atoms with E-state index < -0.39 is 0 Å². The van der Waals surface area contributed by atoms with Crippen molar-refractivity contribution in [3.05, 3.63) is 54.5 Å². The molecule has 2 aromatic heterocycles. The second kappa shape index (κ2) is 8.16. The van der Waals surface area contributed by atoms with Crippen LogP contribution in [0.4, 0.5) is 0 Å². The fourth-order valence-electron chi connectivity index (χ4n) is 4.68. The Morgan fingerprint density at radius 2 is 2.03 bits per heavy atom. The van der Waals surface area contributed by atoms with Crippen LogP contribution in [0.25, 0.3) is 16.9 Å². The average molecular weight is 406 g/mol. The molecule has 1 aromatic carbocycles. The van der Waals surface area contributed by atoms with Crippen molar-refractivity contribution < 1.29 is 9.53 Å². The third-order valence-electron chi connectivity index (χ3n) is 6.20. The van der Waals surface area contributed by atoms with Gasteiger partial charge in [0.15, 0.2) is 5.65 Å². The Bertz CT molecular complexity index is 1030. The first-order valence-corrected chi connectivity index (χ1v) is 10.8. The molecule has 0 aliphatic carbocycles. The molecule has 2 fully saturated rings. The van der Waals surface area contributed by atoms with Gasteiger partial charge in [0.2, 0.25) is 0 Å². The maximum atomic E-state index is 13.2. The number of amides is 1. The number of hydrogen-bond acceptors (Lipinski definition) is 5. The van der Waals surface area contributed by atoms with Crippen molar-refractivity contribution >= 4 is 17.1 Å². The second-order valence-electron chi connectivity index (χ2n) is 8.14. The van der Waals surface area contributed by atoms with Gasteiger partial charge in [0, 0.05) is 37.6 Å². The van der Waals surface area contributed by atoms with Crippen LogP contribution in [-0.2, 0) is 4.74 Å². The van der Waals surface area contributed by atoms with Crippen molar-refractivity contribution in [2.45, 2.75) is 31.8 Å². The summed E-state index contributed by atoms with van der Waals surface area (Å²) >= 11 is 0. The molecule has 0 N–H and O–H groups in total. The number of pyridine rings is 1. The predicted molar refractivity (Wildman–Crippen MR) is 115 cm³/mol. The quantitative estimate of drug-likeness (QED) is 0.668. The summed E-state index contributed by atoms with van der Waals surface area (Å²) in [7, 11) is 0. The van der Waals surface area contributed by atoms with Gasteiger partial charge < -0.3 is 9.64 Å². The minimum atomic E-state index is 0.0240. The smallest absolute Gasteiger partial charge is 0.255 e. The normalized spacial score (nSPS) is 22.2. The van der Waals surface area contributed by atoms with E-state index in [1.165, 1.54) is 0 Å². The number of piperazine rings is 1. The van der Waals surface area contributed by atoms with E-state index in [9.17, 15) is 4.79 Å². The van der Waals surface area contributed by atoms with E-state index in [4.69, 9.17) is 4.74 Å². The summed E-state index contributed by atoms with van der Waals surface area (Å²) in [5, 5.41) is 0. The number of fused-ring (bicyclic) bond motifs is 2. The van der Waals surface area contributed by atoms with E-state index in [0.717, 1.165) is 49.4 Å². The number of benzene rings is 1. The molecule has 0 unspecified atom stereocenters. The third-order valence-corrected chi connectivity index (χ3v) is 6.20. The molecule has 2 saturated heterocycles. The van der Waals surface area contributed by atoms with Crippen LogP contribution in [0.5, 0.6) is 0 Å². The SMILES string of the molecule is CCC[C@H]1COC[C@H]2CN(C(=O)c3cnc4c(c3)ncn4-c3ccccc3)CCN12. The van der Waals surface area contributed by atoms with Gasteiger partial charge in [-0.2, -0.15) is 0 Å². The third kappa shape index (κ3) is 3.48. The minimum absolute atomic E-state index is 0.0240. The minimum Gasteiger partial charge on any atom is -0.378 e. The van der Waals surface area contributed by atoms with Crippen LogP contribution >= 0.6 is 0 Å². The predicted octanol–water partition coefficient (Wildman–Crippen LogP) is 2.75. The van der Waals surface area contributed by atoms with Gasteiger partial charge in [-0.05, 0) is 24.6 Å². The molecule has 7 nitrogen and oxygen atoms in total. The average Bonchev–Trinajstić information content (AvgIpc) is 3.22. The molecule has 0 saturated carbocycles. The molecule has 0 radical (unpaired) electrons. The molecule has 2 aliphatic rings. The van der Waals surface area contributed by atoms with Gasteiger partial charge in [0.1, 0.15) is 11.8 Å². The highest BCUT2D eigenvalue weighted by Crippen LogP contribution is 2.23. The second-order valence-corrected chi connectivity index (χ2v) is 8.14. The van der Waals surface area contributed by atoms with Crippen molar-refractivity contribution in [2.24, 2.45) is 0 Å². The maximum absolute atomic E-state index is 13.2. The standard InChI is InChI=1S/C23H27N5O2/c1-2-6-19-14-30-15-20-13-26(9-10-27(19)20)23(29)17-11-21-22(24-12-17)28(16-25-21)18-7-4-3-5-8-18/h3-5,7-8,11-12,16,19-20H,2,6,9-10,13-15H2,1H3/t19-,20+/m0/s1. The molecule has 3 aromatic rings. The molecular weight excluding hydrogens is 378 g/mol. The zero-order valence-corrected chi connectivity index (χ0v) is 17.3. The summed E-state index contributed by atoms with van der Waals surface area (Å²) in [6.07, 6.45) is 5.74. The molecule has 156 valence electrons. The number of morpholine rings is 1. The first-order chi connectivity index (χ1) is 14.7. The Morgan fingerprint density at radius 1 is 1.17 bits per heavy atom. The Balaban J connectivity index is 1.34. The molecule has 30 heavy (non-hydrogen) atoms. The number of carbonyl (C=O) groups excluding carboxylic acids is 1. The van der Waals surface area contributed by atoms with E-state index >= 15 is 0 Å². The Morgan fingerprint density at radius 3 is 2.87 bits per heavy atom. The van der Waals surface area contributed by atoms with Crippen molar-refractivity contribution in [1.82, 2.24) is 24.3 Å². The molecule has 2 atom stereocenters. The zero-order chi connectivity index (χ0) is 20.5. The monoisotopic (exact) mass is 405 g/mol. The van der Waals surface area contributed by atoms with Crippen molar-refractivity contribution in [2.75, 3.05) is 32.8 Å². The van der Waals surface area contributed by atoms with Gasteiger partial charge in [0.25, 0.3) is 5.91 Å². The number of imidazole rings is 1. The summed E-state index contributed by atoms with van der Waals surface area (Å²) in [4.78, 5) is 26.7. The van der Waals surface area contributed by atoms with Crippen LogP contribution in [-0.4, -0.2) is 75.2 Å². The number of nitrogens with zero attached hydrogens (tertiary/aromatic N) is 5. The highest BCUT2D eigenvalue weighted by molar-refractivity contribution is 5.96. The first kappa shape index (κ1) is 19.2. The highest BCUT2D eigenvalue weighted by atomic mass is 16.5. The van der Waals surface area contributed by atoms with Crippen LogP contribution in [0.1, 0.15) is 30.1 Å². The molecule has 7 heteroatoms. The number of rotatable bonds is 4. The van der Waals surface area contributed by atoms with Gasteiger partial charge in [-0.3, -0.25) is 14.3 Å². The van der Waals surface area contributed by atoms with Crippen LogP contribution in [0, 0.1) is 0 Å². The van der Waals surface area contributed by atoms with Crippen molar-refractivity contribution in [3.8, 4) is 5.69 Å². The van der Waals surface area contributed by atoms with Crippen LogP contribution < -0.4 is 0 Å². The molecule has 0 bridgehead atoms. The molecule has 2 aliphatic heterocycles. The van der Waals surface area contributed by atoms with Gasteiger partial charge in [0.05, 0.1) is 24.8 Å². The van der Waals surface area contributed by atoms with Crippen molar-refractivity contribution in [1.29, 1.82) is 0 Å². The summed E-state index contributed by atoms with van der Waals surface area (Å²) in [5.41, 5.74) is 3.08. The van der Waals surface area contributed by atoms with Gasteiger partial charge in [-0.1, -0.05) is 31.5 Å². The van der Waals surface area contributed by atoms with Gasteiger partial charge >= 0.3 is 0 Å². The molecule has 5 rings (SSSR count). The van der Waals surface area contributed by atoms with E-state index in [0.29, 0.717) is 24.8 Å². The lowest BCUT2D eigenvalue weighted by Crippen LogP contribution is -2.62. The van der Waals surface area contributed by atoms with Crippen molar-refractivity contribution in [3.63, 3.8) is 0 Å². The molecule has 0 spiro atoms. The first-order valence-electron chi connectivity index (χ1n) is 10.8. The van der Waals surface area contributed by atoms with Crippen LogP contribution in [0.3, 0.4) is 0 Å². The largest absolute Gasteiger partial charge is 0.378 e. The number of para-hydroxylation sites is 1. The van der Waals surface area contributed by atoms with Crippen LogP contribution in [0.2, 0.25) is 0 Å². The Kier molecular flexibility index (Phi) is 5.23. The number of aromatic nitrogens is 3. The number of carbonyl (C=O) groups is 1. The van der Waals surface area contributed by atoms with E-state index in [1.807, 2.05) is 45.9 Å². The fourth-order valence-corrected chi connectivity index (χ4v) is 4.68. The number of hydrogen-bond donors (Lipinski definition) is 0. The summed E-state index contributed by atoms with van der Waals surface area (Å²) in [6, 6.07) is 12.6. The topological polar surface area (TPSA) is 63.5 Å². The lowest BCUT2D eigenvalue weighted by Gasteiger charge is -2.48. The van der Waals surface area contributed by atoms with Crippen LogP contribution in [0.15, 0.2) is 48.9 Å². The van der Waals surface area contributed by atoms with E-state index in [2.05, 4.69) is 21.8 Å². The fraction of sp³-hybridized carbons (Fsp3) is 0.435. The Hall–Kier alpha value is -2.77. The Labute approximate surface area is 176 Å². The molecule has 1 amide bonds. The zero-order valence-electron chi connectivity index (χ0n) is 17.3. The molecular formula is C23H27N5O2. The summed E-state index contributed by atoms with van der Waals surface area (Å²) < 4.78 is 7.78. The summed E-state index contributed by atoms with van der Waals surface area (Å²) in [6.45, 7) is 6.07.